The normalized spacial score (nSPS) is 11.5. The summed E-state index contributed by atoms with van der Waals surface area (Å²) in [5, 5.41) is 5.81. The van der Waals surface area contributed by atoms with Gasteiger partial charge in [0.15, 0.2) is 11.5 Å². The van der Waals surface area contributed by atoms with Crippen molar-refractivity contribution in [1.29, 1.82) is 0 Å². The molecule has 3 aromatic carbocycles. The molecular formula is C25H14BrI2N3O4. The van der Waals surface area contributed by atoms with Crippen LogP contribution in [0, 0.1) is 7.14 Å². The number of rotatable bonds is 4. The minimum atomic E-state index is -0.390. The lowest BCUT2D eigenvalue weighted by molar-refractivity contribution is -0.132. The largest absolute Gasteiger partial charge is 0.453 e. The Bertz CT molecular complexity index is 1700. The van der Waals surface area contributed by atoms with Crippen LogP contribution < -0.4 is 10.3 Å². The van der Waals surface area contributed by atoms with E-state index in [1.165, 1.54) is 11.6 Å². The number of para-hydroxylation sites is 1. The molecule has 0 fully saturated rings. The Morgan fingerprint density at radius 2 is 1.86 bits per heavy atom. The van der Waals surface area contributed by atoms with Crippen LogP contribution in [0.3, 0.4) is 0 Å². The third-order valence-electron chi connectivity index (χ3n) is 5.04. The first kappa shape index (κ1) is 24.1. The molecule has 0 aliphatic carbocycles. The Kier molecular flexibility index (Phi) is 6.77. The van der Waals surface area contributed by atoms with E-state index in [0.717, 1.165) is 22.6 Å². The zero-order valence-electron chi connectivity index (χ0n) is 18.0. The van der Waals surface area contributed by atoms with Crippen LogP contribution >= 0.6 is 61.1 Å². The van der Waals surface area contributed by atoms with E-state index in [1.54, 1.807) is 24.4 Å². The Morgan fingerprint density at radius 1 is 1.11 bits per heavy atom. The fourth-order valence-corrected chi connectivity index (χ4v) is 5.95. The highest BCUT2D eigenvalue weighted by Gasteiger charge is 2.17. The van der Waals surface area contributed by atoms with Crippen LogP contribution in [0.1, 0.15) is 12.5 Å². The fraction of sp³-hybridized carbons (Fsp3) is 0.0400. The van der Waals surface area contributed by atoms with E-state index < -0.39 is 5.97 Å². The van der Waals surface area contributed by atoms with Gasteiger partial charge in [-0.3, -0.25) is 9.59 Å². The maximum Gasteiger partial charge on any atom is 0.308 e. The van der Waals surface area contributed by atoms with Crippen LogP contribution in [0.2, 0.25) is 0 Å². The smallest absolute Gasteiger partial charge is 0.308 e. The minimum Gasteiger partial charge on any atom is -0.453 e. The predicted molar refractivity (Wildman–Crippen MR) is 155 cm³/mol. The van der Waals surface area contributed by atoms with Gasteiger partial charge in [0.2, 0.25) is 5.82 Å². The summed E-state index contributed by atoms with van der Waals surface area (Å²) in [6.07, 6.45) is 1.57. The first-order chi connectivity index (χ1) is 16.8. The van der Waals surface area contributed by atoms with Crippen LogP contribution in [0.4, 0.5) is 0 Å². The van der Waals surface area contributed by atoms with Gasteiger partial charge in [-0.05, 0) is 99.3 Å². The molecule has 0 atom stereocenters. The molecule has 35 heavy (non-hydrogen) atoms. The van der Waals surface area contributed by atoms with Crippen LogP contribution in [0.5, 0.6) is 5.75 Å². The van der Waals surface area contributed by atoms with Crippen molar-refractivity contribution in [3.05, 3.63) is 88.2 Å². The van der Waals surface area contributed by atoms with Crippen molar-refractivity contribution < 1.29 is 13.9 Å². The van der Waals surface area contributed by atoms with Gasteiger partial charge in [-0.15, -0.1) is 0 Å². The monoisotopic (exact) mass is 753 g/mol. The van der Waals surface area contributed by atoms with Crippen molar-refractivity contribution in [3.63, 3.8) is 0 Å². The zero-order chi connectivity index (χ0) is 24.7. The number of carbonyl (C=O) groups is 1. The lowest BCUT2D eigenvalue weighted by atomic mass is 10.2. The van der Waals surface area contributed by atoms with E-state index in [1.807, 2.05) is 42.5 Å². The number of esters is 1. The highest BCUT2D eigenvalue weighted by molar-refractivity contribution is 14.1. The summed E-state index contributed by atoms with van der Waals surface area (Å²) < 4.78 is 15.0. The molecule has 7 nitrogen and oxygen atoms in total. The van der Waals surface area contributed by atoms with E-state index in [4.69, 9.17) is 14.1 Å². The Labute approximate surface area is 234 Å². The second-order valence-corrected chi connectivity index (χ2v) is 10.8. The quantitative estimate of drug-likeness (QED) is 0.0896. The number of ether oxygens (including phenoxy) is 1. The standard InChI is InChI=1S/C25H14BrI2N3O4/c1-13(32)34-23-18(27)8-14(9-19(23)28)12-29-31-24(30-20-5-3-2-4-17(20)25(31)33)22-11-15-10-16(26)6-7-21(15)35-22/h2-12H,1H3. The van der Waals surface area contributed by atoms with Crippen molar-refractivity contribution >= 4 is 95.2 Å². The highest BCUT2D eigenvalue weighted by Crippen LogP contribution is 2.30. The number of hydrogen-bond acceptors (Lipinski definition) is 6. The summed E-state index contributed by atoms with van der Waals surface area (Å²) >= 11 is 7.67. The number of fused-ring (bicyclic) bond motifs is 2. The average Bonchev–Trinajstić information content (AvgIpc) is 3.23. The van der Waals surface area contributed by atoms with E-state index in [2.05, 4.69) is 66.2 Å². The molecule has 0 spiro atoms. The molecule has 0 amide bonds. The number of benzene rings is 3. The molecule has 5 aromatic rings. The lowest BCUT2D eigenvalue weighted by Crippen LogP contribution is -2.20. The van der Waals surface area contributed by atoms with E-state index in [0.29, 0.717) is 28.0 Å². The molecule has 174 valence electrons. The van der Waals surface area contributed by atoms with Gasteiger partial charge < -0.3 is 9.15 Å². The first-order valence-electron chi connectivity index (χ1n) is 10.2. The van der Waals surface area contributed by atoms with Crippen LogP contribution in [0.25, 0.3) is 33.5 Å². The molecule has 0 saturated heterocycles. The van der Waals surface area contributed by atoms with E-state index in [9.17, 15) is 9.59 Å². The molecule has 2 heterocycles. The Hall–Kier alpha value is -2.58. The second-order valence-electron chi connectivity index (χ2n) is 7.51. The number of halogens is 3. The first-order valence-corrected chi connectivity index (χ1v) is 13.2. The third-order valence-corrected chi connectivity index (χ3v) is 7.14. The van der Waals surface area contributed by atoms with Crippen molar-refractivity contribution in [2.24, 2.45) is 5.10 Å². The van der Waals surface area contributed by atoms with E-state index in [-0.39, 0.29) is 11.4 Å². The zero-order valence-corrected chi connectivity index (χ0v) is 23.9. The SMILES string of the molecule is CC(=O)Oc1c(I)cc(C=Nn2c(-c3cc4cc(Br)ccc4o3)nc3ccccc3c2=O)cc1I. The second kappa shape index (κ2) is 9.82. The maximum absolute atomic E-state index is 13.4. The summed E-state index contributed by atoms with van der Waals surface area (Å²) in [5.41, 5.74) is 1.64. The van der Waals surface area contributed by atoms with Gasteiger partial charge in [-0.25, -0.2) is 4.98 Å². The lowest BCUT2D eigenvalue weighted by Gasteiger charge is -2.09. The molecule has 0 aliphatic heterocycles. The summed E-state index contributed by atoms with van der Waals surface area (Å²) in [4.78, 5) is 29.5. The summed E-state index contributed by atoms with van der Waals surface area (Å²) in [6.45, 7) is 1.36. The average molecular weight is 754 g/mol. The van der Waals surface area contributed by atoms with Gasteiger partial charge in [0, 0.05) is 16.8 Å². The number of aromatic nitrogens is 2. The van der Waals surface area contributed by atoms with Gasteiger partial charge >= 0.3 is 5.97 Å². The van der Waals surface area contributed by atoms with Crippen LogP contribution in [-0.2, 0) is 4.79 Å². The summed E-state index contributed by atoms with van der Waals surface area (Å²) in [7, 11) is 0. The molecular weight excluding hydrogens is 740 g/mol. The van der Waals surface area contributed by atoms with Gasteiger partial charge in [0.25, 0.3) is 5.56 Å². The molecule has 5 rings (SSSR count). The van der Waals surface area contributed by atoms with Gasteiger partial charge in [-0.2, -0.15) is 9.78 Å². The summed E-state index contributed by atoms with van der Waals surface area (Å²) in [5.74, 6) is 0.818. The third kappa shape index (κ3) is 4.91. The molecule has 0 radical (unpaired) electrons. The molecule has 0 N–H and O–H groups in total. The number of carbonyl (C=O) groups excluding carboxylic acids is 1. The molecule has 0 unspecified atom stereocenters. The summed E-state index contributed by atoms with van der Waals surface area (Å²) in [6, 6.07) is 18.3. The van der Waals surface area contributed by atoms with Crippen LogP contribution in [-0.4, -0.2) is 21.8 Å². The molecule has 0 aliphatic rings. The molecule has 0 saturated carbocycles. The predicted octanol–water partition coefficient (Wildman–Crippen LogP) is 6.59. The maximum atomic E-state index is 13.4. The van der Waals surface area contributed by atoms with Crippen molar-refractivity contribution in [2.75, 3.05) is 0 Å². The Balaban J connectivity index is 1.67. The molecule has 10 heteroatoms. The van der Waals surface area contributed by atoms with Gasteiger partial charge in [-0.1, -0.05) is 28.1 Å². The topological polar surface area (TPSA) is 86.7 Å². The van der Waals surface area contributed by atoms with Crippen molar-refractivity contribution in [1.82, 2.24) is 9.66 Å². The molecule has 0 bridgehead atoms. The number of nitrogens with zero attached hydrogens (tertiary/aromatic N) is 3. The van der Waals surface area contributed by atoms with Gasteiger partial charge in [0.05, 0.1) is 24.3 Å². The molecule has 2 aromatic heterocycles. The Morgan fingerprint density at radius 3 is 2.60 bits per heavy atom. The van der Waals surface area contributed by atoms with Crippen molar-refractivity contribution in [2.45, 2.75) is 6.92 Å². The number of furan rings is 1. The van der Waals surface area contributed by atoms with Gasteiger partial charge in [0.1, 0.15) is 5.58 Å². The number of hydrogen-bond donors (Lipinski definition) is 0. The minimum absolute atomic E-state index is 0.290. The van der Waals surface area contributed by atoms with Crippen LogP contribution in [0.15, 0.2) is 79.4 Å². The fourth-order valence-electron chi connectivity index (χ4n) is 3.53. The van der Waals surface area contributed by atoms with Crippen molar-refractivity contribution in [3.8, 4) is 17.3 Å². The van der Waals surface area contributed by atoms with E-state index >= 15 is 0 Å². The highest BCUT2D eigenvalue weighted by atomic mass is 127.